The third kappa shape index (κ3) is 2.46. The monoisotopic (exact) mass is 245 g/mol. The molecule has 6 nitrogen and oxygen atoms in total. The van der Waals surface area contributed by atoms with E-state index in [1.807, 2.05) is 0 Å². The molecule has 0 radical (unpaired) electrons. The summed E-state index contributed by atoms with van der Waals surface area (Å²) in [6.45, 7) is 0. The molecular formula is C9H11NO5S. The molecule has 0 aliphatic carbocycles. The van der Waals surface area contributed by atoms with Crippen LogP contribution in [0.3, 0.4) is 0 Å². The average Bonchev–Trinajstić information content (AvgIpc) is 2.83. The van der Waals surface area contributed by atoms with Crippen LogP contribution in [0.1, 0.15) is 19.3 Å². The SMILES string of the molecule is O=C(OC1CCSC1)ON1C(=O)CCC1=O. The maximum Gasteiger partial charge on any atom is 0.534 e. The molecule has 0 N–H and O–H groups in total. The van der Waals surface area contributed by atoms with Gasteiger partial charge in [-0.05, 0) is 12.2 Å². The molecule has 0 saturated carbocycles. The summed E-state index contributed by atoms with van der Waals surface area (Å²) in [4.78, 5) is 38.1. The van der Waals surface area contributed by atoms with Crippen molar-refractivity contribution >= 4 is 29.7 Å². The normalized spacial score (nSPS) is 25.0. The van der Waals surface area contributed by atoms with E-state index in [1.165, 1.54) is 0 Å². The molecule has 0 aromatic rings. The summed E-state index contributed by atoms with van der Waals surface area (Å²) in [5, 5.41) is 0.491. The number of amides is 2. The van der Waals surface area contributed by atoms with E-state index in [4.69, 9.17) is 4.74 Å². The van der Waals surface area contributed by atoms with Crippen molar-refractivity contribution in [3.05, 3.63) is 0 Å². The summed E-state index contributed by atoms with van der Waals surface area (Å²) < 4.78 is 4.94. The van der Waals surface area contributed by atoms with Crippen LogP contribution in [0.15, 0.2) is 0 Å². The minimum Gasteiger partial charge on any atom is -0.428 e. The zero-order chi connectivity index (χ0) is 11.5. The minimum atomic E-state index is -0.976. The first kappa shape index (κ1) is 11.3. The molecule has 0 spiro atoms. The van der Waals surface area contributed by atoms with Gasteiger partial charge in [0.15, 0.2) is 0 Å². The van der Waals surface area contributed by atoms with Crippen molar-refractivity contribution in [3.8, 4) is 0 Å². The van der Waals surface area contributed by atoms with Crippen LogP contribution in [0.5, 0.6) is 0 Å². The third-order valence-corrected chi connectivity index (χ3v) is 3.45. The van der Waals surface area contributed by atoms with Gasteiger partial charge in [0.05, 0.1) is 0 Å². The van der Waals surface area contributed by atoms with Crippen molar-refractivity contribution in [1.29, 1.82) is 0 Å². The average molecular weight is 245 g/mol. The van der Waals surface area contributed by atoms with E-state index < -0.39 is 18.0 Å². The fraction of sp³-hybridized carbons (Fsp3) is 0.667. The Balaban J connectivity index is 1.82. The number of hydrogen-bond donors (Lipinski definition) is 0. The summed E-state index contributed by atoms with van der Waals surface area (Å²) in [7, 11) is 0. The van der Waals surface area contributed by atoms with Crippen LogP contribution in [0.2, 0.25) is 0 Å². The van der Waals surface area contributed by atoms with E-state index in [-0.39, 0.29) is 18.9 Å². The number of carbonyl (C=O) groups excluding carboxylic acids is 3. The van der Waals surface area contributed by atoms with Gasteiger partial charge in [-0.3, -0.25) is 14.4 Å². The largest absolute Gasteiger partial charge is 0.534 e. The fourth-order valence-corrected chi connectivity index (χ4v) is 2.59. The molecule has 2 amide bonds. The summed E-state index contributed by atoms with van der Waals surface area (Å²) in [5.41, 5.74) is 0. The van der Waals surface area contributed by atoms with Crippen molar-refractivity contribution in [3.63, 3.8) is 0 Å². The number of imide groups is 1. The van der Waals surface area contributed by atoms with Crippen molar-refractivity contribution in [1.82, 2.24) is 5.06 Å². The van der Waals surface area contributed by atoms with Crippen LogP contribution in [0.4, 0.5) is 4.79 Å². The standard InChI is InChI=1S/C9H11NO5S/c11-7-1-2-8(12)10(7)15-9(13)14-6-3-4-16-5-6/h6H,1-5H2. The smallest absolute Gasteiger partial charge is 0.428 e. The molecular weight excluding hydrogens is 234 g/mol. The molecule has 2 aliphatic rings. The van der Waals surface area contributed by atoms with Crippen molar-refractivity contribution in [2.45, 2.75) is 25.4 Å². The highest BCUT2D eigenvalue weighted by molar-refractivity contribution is 7.99. The van der Waals surface area contributed by atoms with Gasteiger partial charge < -0.3 is 4.74 Å². The molecule has 2 fully saturated rings. The van der Waals surface area contributed by atoms with Crippen LogP contribution < -0.4 is 0 Å². The quantitative estimate of drug-likeness (QED) is 0.527. The molecule has 0 aromatic heterocycles. The van der Waals surface area contributed by atoms with Gasteiger partial charge in [-0.25, -0.2) is 4.79 Å². The van der Waals surface area contributed by atoms with Gasteiger partial charge >= 0.3 is 6.16 Å². The third-order valence-electron chi connectivity index (χ3n) is 2.32. The Labute approximate surface area is 96.2 Å². The highest BCUT2D eigenvalue weighted by atomic mass is 32.2. The van der Waals surface area contributed by atoms with Crippen LogP contribution >= 0.6 is 11.8 Å². The number of nitrogens with zero attached hydrogens (tertiary/aromatic N) is 1. The molecule has 88 valence electrons. The molecule has 2 heterocycles. The highest BCUT2D eigenvalue weighted by Gasteiger charge is 2.34. The molecule has 0 aromatic carbocycles. The summed E-state index contributed by atoms with van der Waals surface area (Å²) in [6, 6.07) is 0. The lowest BCUT2D eigenvalue weighted by atomic mass is 10.3. The molecule has 2 aliphatic heterocycles. The molecule has 16 heavy (non-hydrogen) atoms. The predicted molar refractivity (Wildman–Crippen MR) is 54.4 cm³/mol. The van der Waals surface area contributed by atoms with Crippen molar-refractivity contribution < 1.29 is 24.0 Å². The zero-order valence-electron chi connectivity index (χ0n) is 8.51. The van der Waals surface area contributed by atoms with E-state index in [9.17, 15) is 14.4 Å². The number of hydroxylamine groups is 2. The highest BCUT2D eigenvalue weighted by Crippen LogP contribution is 2.21. The van der Waals surface area contributed by atoms with Gasteiger partial charge in [0, 0.05) is 18.6 Å². The van der Waals surface area contributed by atoms with Crippen LogP contribution in [0.25, 0.3) is 0 Å². The van der Waals surface area contributed by atoms with E-state index in [0.717, 1.165) is 17.9 Å². The van der Waals surface area contributed by atoms with Crippen LogP contribution in [-0.2, 0) is 19.2 Å². The lowest BCUT2D eigenvalue weighted by Gasteiger charge is -2.14. The summed E-state index contributed by atoms with van der Waals surface area (Å²) in [5.74, 6) is 0.682. The van der Waals surface area contributed by atoms with Crippen molar-refractivity contribution in [2.24, 2.45) is 0 Å². The second kappa shape index (κ2) is 4.73. The Morgan fingerprint density at radius 2 is 2.00 bits per heavy atom. The van der Waals surface area contributed by atoms with Gasteiger partial charge in [0.2, 0.25) is 0 Å². The Morgan fingerprint density at radius 1 is 1.31 bits per heavy atom. The van der Waals surface area contributed by atoms with Crippen LogP contribution in [0, 0.1) is 0 Å². The number of carbonyl (C=O) groups is 3. The van der Waals surface area contributed by atoms with E-state index in [2.05, 4.69) is 4.84 Å². The van der Waals surface area contributed by atoms with Gasteiger partial charge in [-0.15, -0.1) is 0 Å². The van der Waals surface area contributed by atoms with Gasteiger partial charge in [0.1, 0.15) is 6.10 Å². The van der Waals surface area contributed by atoms with E-state index >= 15 is 0 Å². The molecule has 7 heteroatoms. The Morgan fingerprint density at radius 3 is 2.56 bits per heavy atom. The first-order chi connectivity index (χ1) is 7.66. The zero-order valence-corrected chi connectivity index (χ0v) is 9.33. The second-order valence-corrected chi connectivity index (χ2v) is 4.68. The van der Waals surface area contributed by atoms with Gasteiger partial charge in [-0.1, -0.05) is 5.06 Å². The lowest BCUT2D eigenvalue weighted by Crippen LogP contribution is -2.33. The van der Waals surface area contributed by atoms with Crippen molar-refractivity contribution in [2.75, 3.05) is 11.5 Å². The lowest BCUT2D eigenvalue weighted by molar-refractivity contribution is -0.178. The number of thioether (sulfide) groups is 1. The maximum atomic E-state index is 11.2. The molecule has 2 rings (SSSR count). The minimum absolute atomic E-state index is 0.0887. The number of hydrogen-bond acceptors (Lipinski definition) is 6. The topological polar surface area (TPSA) is 72.9 Å². The number of rotatable bonds is 2. The fourth-order valence-electron chi connectivity index (χ4n) is 1.50. The van der Waals surface area contributed by atoms with E-state index in [1.54, 1.807) is 11.8 Å². The van der Waals surface area contributed by atoms with Gasteiger partial charge in [0.25, 0.3) is 11.8 Å². The second-order valence-electron chi connectivity index (χ2n) is 3.53. The predicted octanol–water partition coefficient (Wildman–Crippen LogP) is 0.709. The van der Waals surface area contributed by atoms with E-state index in [0.29, 0.717) is 5.06 Å². The van der Waals surface area contributed by atoms with Gasteiger partial charge in [-0.2, -0.15) is 11.8 Å². The molecule has 1 atom stereocenters. The molecule has 1 unspecified atom stereocenters. The summed E-state index contributed by atoms with van der Waals surface area (Å²) in [6.07, 6.45) is -0.195. The number of ether oxygens (including phenoxy) is 1. The Hall–Kier alpha value is -1.24. The first-order valence-electron chi connectivity index (χ1n) is 4.99. The molecule has 2 saturated heterocycles. The summed E-state index contributed by atoms with van der Waals surface area (Å²) >= 11 is 1.69. The Kier molecular flexibility index (Phi) is 3.33. The van der Waals surface area contributed by atoms with Crippen LogP contribution in [-0.4, -0.2) is 40.6 Å². The first-order valence-corrected chi connectivity index (χ1v) is 6.14. The molecule has 0 bridgehead atoms. The Bertz CT molecular complexity index is 310. The maximum absolute atomic E-state index is 11.2.